The number of hydrogen-bond donors (Lipinski definition) is 0. The minimum Gasteiger partial charge on any atom is -0.139 e. The Bertz CT molecular complexity index is 311. The van der Waals surface area contributed by atoms with Crippen molar-refractivity contribution in [2.45, 2.75) is 57.0 Å². The first kappa shape index (κ1) is 17.0. The van der Waals surface area contributed by atoms with Crippen LogP contribution in [0.25, 0.3) is 0 Å². The molecule has 0 radical (unpaired) electrons. The zero-order chi connectivity index (χ0) is 14.0. The summed E-state index contributed by atoms with van der Waals surface area (Å²) in [4.78, 5) is 0. The first-order valence-corrected chi connectivity index (χ1v) is 9.59. The summed E-state index contributed by atoms with van der Waals surface area (Å²) in [6.07, 6.45) is 6.45. The van der Waals surface area contributed by atoms with Crippen LogP contribution < -0.4 is 0 Å². The number of unbranched alkanes of at least 4 members (excludes halogenated alkanes) is 2. The Morgan fingerprint density at radius 1 is 0.842 bits per heavy atom. The van der Waals surface area contributed by atoms with Crippen molar-refractivity contribution in [2.75, 3.05) is 11.5 Å². The lowest BCUT2D eigenvalue weighted by molar-refractivity contribution is 0.812. The second-order valence-electron chi connectivity index (χ2n) is 4.88. The summed E-state index contributed by atoms with van der Waals surface area (Å²) in [5.41, 5.74) is 1.50. The standard InChI is InChI=1S/C17H28S2/c1-4-7-14-18-17(6-3,19-15-8-5-2)16-12-10-9-11-13-16/h9-13H,4-8,14-15H2,1-3H3. The van der Waals surface area contributed by atoms with E-state index in [1.807, 2.05) is 0 Å². The smallest absolute Gasteiger partial charge is 0.0857 e. The molecule has 2 heteroatoms. The summed E-state index contributed by atoms with van der Waals surface area (Å²) in [6.45, 7) is 6.90. The van der Waals surface area contributed by atoms with Crippen LogP contribution in [0.15, 0.2) is 30.3 Å². The molecular formula is C17H28S2. The van der Waals surface area contributed by atoms with E-state index in [2.05, 4.69) is 74.6 Å². The van der Waals surface area contributed by atoms with Gasteiger partial charge in [-0.15, -0.1) is 23.5 Å². The van der Waals surface area contributed by atoms with E-state index in [1.165, 1.54) is 49.2 Å². The molecule has 0 nitrogen and oxygen atoms in total. The van der Waals surface area contributed by atoms with E-state index in [0.717, 1.165) is 0 Å². The third kappa shape index (κ3) is 5.43. The number of rotatable bonds is 10. The van der Waals surface area contributed by atoms with Crippen LogP contribution in [0.1, 0.15) is 58.4 Å². The Balaban J connectivity index is 2.79. The third-order valence-electron chi connectivity index (χ3n) is 3.35. The second kappa shape index (κ2) is 9.77. The van der Waals surface area contributed by atoms with Crippen molar-refractivity contribution in [2.24, 2.45) is 0 Å². The van der Waals surface area contributed by atoms with Gasteiger partial charge in [-0.2, -0.15) is 0 Å². The van der Waals surface area contributed by atoms with E-state index in [9.17, 15) is 0 Å². The normalized spacial score (nSPS) is 11.7. The van der Waals surface area contributed by atoms with Crippen molar-refractivity contribution in [3.8, 4) is 0 Å². The molecule has 0 amide bonds. The van der Waals surface area contributed by atoms with Crippen molar-refractivity contribution < 1.29 is 0 Å². The summed E-state index contributed by atoms with van der Waals surface area (Å²) in [7, 11) is 0. The highest BCUT2D eigenvalue weighted by atomic mass is 32.2. The molecule has 1 rings (SSSR count). The lowest BCUT2D eigenvalue weighted by Gasteiger charge is -2.32. The summed E-state index contributed by atoms with van der Waals surface area (Å²) >= 11 is 4.32. The van der Waals surface area contributed by atoms with E-state index in [1.54, 1.807) is 0 Å². The van der Waals surface area contributed by atoms with Gasteiger partial charge in [0.05, 0.1) is 4.08 Å². The van der Waals surface area contributed by atoms with Gasteiger partial charge in [0.1, 0.15) is 0 Å². The largest absolute Gasteiger partial charge is 0.139 e. The predicted octanol–water partition coefficient (Wildman–Crippen LogP) is 6.32. The van der Waals surface area contributed by atoms with Gasteiger partial charge in [0, 0.05) is 0 Å². The van der Waals surface area contributed by atoms with Crippen LogP contribution in [-0.4, -0.2) is 11.5 Å². The van der Waals surface area contributed by atoms with Gasteiger partial charge in [-0.3, -0.25) is 0 Å². The highest BCUT2D eigenvalue weighted by Crippen LogP contribution is 2.49. The maximum atomic E-state index is 2.34. The van der Waals surface area contributed by atoms with Crippen LogP contribution in [0.3, 0.4) is 0 Å². The topological polar surface area (TPSA) is 0 Å². The molecule has 108 valence electrons. The van der Waals surface area contributed by atoms with Gasteiger partial charge < -0.3 is 0 Å². The molecule has 0 heterocycles. The van der Waals surface area contributed by atoms with Gasteiger partial charge in [-0.25, -0.2) is 0 Å². The van der Waals surface area contributed by atoms with Crippen LogP contribution in [0, 0.1) is 0 Å². The third-order valence-corrected chi connectivity index (χ3v) is 7.02. The van der Waals surface area contributed by atoms with Gasteiger partial charge >= 0.3 is 0 Å². The van der Waals surface area contributed by atoms with E-state index in [4.69, 9.17) is 0 Å². The molecule has 0 aliphatic heterocycles. The first-order valence-electron chi connectivity index (χ1n) is 7.62. The summed E-state index contributed by atoms with van der Waals surface area (Å²) < 4.78 is 0.269. The SMILES string of the molecule is CCCCSC(CC)(SCCCC)c1ccccc1. The average molecular weight is 297 g/mol. The van der Waals surface area contributed by atoms with Crippen molar-refractivity contribution >= 4 is 23.5 Å². The summed E-state index contributed by atoms with van der Waals surface area (Å²) in [6, 6.07) is 11.1. The summed E-state index contributed by atoms with van der Waals surface area (Å²) in [5, 5.41) is 0. The average Bonchev–Trinajstić information content (AvgIpc) is 2.47. The predicted molar refractivity (Wildman–Crippen MR) is 93.1 cm³/mol. The lowest BCUT2D eigenvalue weighted by atomic mass is 10.1. The molecule has 0 saturated carbocycles. The highest BCUT2D eigenvalue weighted by Gasteiger charge is 2.30. The molecule has 0 aromatic heterocycles. The van der Waals surface area contributed by atoms with Crippen molar-refractivity contribution in [3.05, 3.63) is 35.9 Å². The Morgan fingerprint density at radius 2 is 1.37 bits per heavy atom. The molecule has 1 aromatic carbocycles. The molecule has 0 atom stereocenters. The van der Waals surface area contributed by atoms with Crippen LogP contribution >= 0.6 is 23.5 Å². The fourth-order valence-corrected chi connectivity index (χ4v) is 5.44. The monoisotopic (exact) mass is 296 g/mol. The molecule has 0 unspecified atom stereocenters. The van der Waals surface area contributed by atoms with Gasteiger partial charge in [0.15, 0.2) is 0 Å². The zero-order valence-corrected chi connectivity index (χ0v) is 14.3. The molecule has 0 fully saturated rings. The Hall–Kier alpha value is -0.0800. The second-order valence-corrected chi connectivity index (χ2v) is 7.92. The zero-order valence-electron chi connectivity index (χ0n) is 12.7. The Morgan fingerprint density at radius 3 is 1.79 bits per heavy atom. The van der Waals surface area contributed by atoms with Crippen molar-refractivity contribution in [3.63, 3.8) is 0 Å². The quantitative estimate of drug-likeness (QED) is 0.366. The molecule has 0 N–H and O–H groups in total. The van der Waals surface area contributed by atoms with E-state index in [0.29, 0.717) is 0 Å². The summed E-state index contributed by atoms with van der Waals surface area (Å²) in [5.74, 6) is 2.55. The maximum absolute atomic E-state index is 2.34. The molecule has 0 saturated heterocycles. The van der Waals surface area contributed by atoms with Gasteiger partial charge in [0.2, 0.25) is 0 Å². The molecule has 0 aliphatic carbocycles. The van der Waals surface area contributed by atoms with Gasteiger partial charge in [-0.05, 0) is 36.3 Å². The fourth-order valence-electron chi connectivity index (χ4n) is 2.07. The minimum atomic E-state index is 0.269. The molecular weight excluding hydrogens is 268 g/mol. The van der Waals surface area contributed by atoms with E-state index < -0.39 is 0 Å². The van der Waals surface area contributed by atoms with E-state index in [-0.39, 0.29) is 4.08 Å². The fraction of sp³-hybridized carbons (Fsp3) is 0.647. The Labute approximate surface area is 128 Å². The molecule has 0 spiro atoms. The number of thioether (sulfide) groups is 2. The highest BCUT2D eigenvalue weighted by molar-refractivity contribution is 8.17. The lowest BCUT2D eigenvalue weighted by Crippen LogP contribution is -2.18. The maximum Gasteiger partial charge on any atom is 0.0857 e. The van der Waals surface area contributed by atoms with Gasteiger partial charge in [-0.1, -0.05) is 63.9 Å². The van der Waals surface area contributed by atoms with Crippen molar-refractivity contribution in [1.82, 2.24) is 0 Å². The van der Waals surface area contributed by atoms with Crippen LogP contribution in [0.5, 0.6) is 0 Å². The minimum absolute atomic E-state index is 0.269. The molecule has 0 bridgehead atoms. The van der Waals surface area contributed by atoms with Crippen LogP contribution in [-0.2, 0) is 4.08 Å². The van der Waals surface area contributed by atoms with Gasteiger partial charge in [0.25, 0.3) is 0 Å². The Kier molecular flexibility index (Phi) is 8.72. The van der Waals surface area contributed by atoms with Crippen LogP contribution in [0.2, 0.25) is 0 Å². The van der Waals surface area contributed by atoms with E-state index >= 15 is 0 Å². The number of benzene rings is 1. The molecule has 19 heavy (non-hydrogen) atoms. The first-order chi connectivity index (χ1) is 9.29. The molecule has 1 aromatic rings. The molecule has 0 aliphatic rings. The van der Waals surface area contributed by atoms with Crippen LogP contribution in [0.4, 0.5) is 0 Å². The van der Waals surface area contributed by atoms with Crippen molar-refractivity contribution in [1.29, 1.82) is 0 Å². The number of hydrogen-bond acceptors (Lipinski definition) is 2.